The summed E-state index contributed by atoms with van der Waals surface area (Å²) in [5.41, 5.74) is 5.61. The molecule has 4 N–H and O–H groups in total. The third-order valence-electron chi connectivity index (χ3n) is 3.83. The van der Waals surface area contributed by atoms with E-state index in [2.05, 4.69) is 23.1 Å². The number of hydrogen-bond acceptors (Lipinski definition) is 3. The molecule has 0 unspecified atom stereocenters. The van der Waals surface area contributed by atoms with Crippen molar-refractivity contribution in [2.75, 3.05) is 0 Å². The summed E-state index contributed by atoms with van der Waals surface area (Å²) in [4.78, 5) is 11.9. The molecular weight excluding hydrogens is 286 g/mol. The highest BCUT2D eigenvalue weighted by Gasteiger charge is 2.21. The molecule has 0 bridgehead atoms. The summed E-state index contributed by atoms with van der Waals surface area (Å²) in [6, 6.07) is 6.51. The van der Waals surface area contributed by atoms with Gasteiger partial charge in [0.05, 0.1) is 0 Å². The van der Waals surface area contributed by atoms with Crippen LogP contribution in [0.25, 0.3) is 0 Å². The van der Waals surface area contributed by atoms with Crippen LogP contribution in [0.15, 0.2) is 24.3 Å². The predicted molar refractivity (Wildman–Crippen MR) is 85.9 cm³/mol. The van der Waals surface area contributed by atoms with Gasteiger partial charge in [0.2, 0.25) is 0 Å². The molecule has 0 spiro atoms. The van der Waals surface area contributed by atoms with Crippen LogP contribution >= 0.6 is 12.2 Å². The van der Waals surface area contributed by atoms with E-state index >= 15 is 0 Å². The Kier molecular flexibility index (Phi) is 5.38. The lowest BCUT2D eigenvalue weighted by molar-refractivity contribution is 0.0943. The van der Waals surface area contributed by atoms with Gasteiger partial charge in [0.25, 0.3) is 5.91 Å². The van der Waals surface area contributed by atoms with Gasteiger partial charge in [-0.05, 0) is 49.2 Å². The fraction of sp³-hybridized carbons (Fsp3) is 0.467. The number of nitrogens with one attached hydrogen (secondary N) is 3. The molecule has 0 heterocycles. The molecule has 1 aliphatic rings. The van der Waals surface area contributed by atoms with E-state index in [1.54, 1.807) is 12.1 Å². The lowest BCUT2D eigenvalue weighted by atomic mass is 9.86. The number of thiocarbonyl (C=S) groups is 1. The molecule has 21 heavy (non-hydrogen) atoms. The third-order valence-corrected chi connectivity index (χ3v) is 4.05. The van der Waals surface area contributed by atoms with Crippen LogP contribution < -0.4 is 16.2 Å². The quantitative estimate of drug-likeness (QED) is 0.497. The van der Waals surface area contributed by atoms with Gasteiger partial charge >= 0.3 is 0 Å². The lowest BCUT2D eigenvalue weighted by Crippen LogP contribution is -2.51. The van der Waals surface area contributed by atoms with E-state index in [1.165, 1.54) is 31.4 Å². The number of rotatable bonds is 2. The zero-order valence-corrected chi connectivity index (χ0v) is 12.9. The first-order valence-electron chi connectivity index (χ1n) is 7.22. The fourth-order valence-electron chi connectivity index (χ4n) is 2.57. The number of benzene rings is 1. The van der Waals surface area contributed by atoms with Crippen molar-refractivity contribution in [3.63, 3.8) is 0 Å². The molecule has 0 saturated heterocycles. The van der Waals surface area contributed by atoms with Gasteiger partial charge < -0.3 is 10.4 Å². The number of amides is 1. The van der Waals surface area contributed by atoms with Gasteiger partial charge in [0.1, 0.15) is 5.75 Å². The maximum absolute atomic E-state index is 11.9. The van der Waals surface area contributed by atoms with Gasteiger partial charge in [-0.25, -0.2) is 0 Å². The first-order chi connectivity index (χ1) is 10.1. The highest BCUT2D eigenvalue weighted by atomic mass is 32.1. The van der Waals surface area contributed by atoms with Crippen LogP contribution in [0, 0.1) is 5.92 Å². The van der Waals surface area contributed by atoms with Crippen LogP contribution in [0.4, 0.5) is 0 Å². The number of carbonyl (C=O) groups is 1. The average Bonchev–Trinajstić information content (AvgIpc) is 2.47. The second kappa shape index (κ2) is 7.26. The second-order valence-corrected chi connectivity index (χ2v) is 5.88. The SMILES string of the molecule is C[C@@H]1CCCC[C@H]1NC(=S)NNC(=O)c1cccc(O)c1. The Balaban J connectivity index is 1.79. The Hall–Kier alpha value is -1.82. The smallest absolute Gasteiger partial charge is 0.269 e. The Labute approximate surface area is 130 Å². The standard InChI is InChI=1S/C15H21N3O2S/c1-10-5-2-3-8-13(10)16-15(21)18-17-14(20)11-6-4-7-12(19)9-11/h4,6-7,9-10,13,19H,2-3,5,8H2,1H3,(H,17,20)(H2,16,18,21)/t10-,13-/m1/s1. The van der Waals surface area contributed by atoms with E-state index in [-0.39, 0.29) is 11.7 Å². The summed E-state index contributed by atoms with van der Waals surface area (Å²) in [7, 11) is 0. The van der Waals surface area contributed by atoms with E-state index in [4.69, 9.17) is 12.2 Å². The van der Waals surface area contributed by atoms with Crippen molar-refractivity contribution in [2.24, 2.45) is 5.92 Å². The lowest BCUT2D eigenvalue weighted by Gasteiger charge is -2.30. The van der Waals surface area contributed by atoms with Crippen molar-refractivity contribution >= 4 is 23.2 Å². The van der Waals surface area contributed by atoms with Gasteiger partial charge in [-0.2, -0.15) is 0 Å². The molecule has 5 nitrogen and oxygen atoms in total. The Morgan fingerprint density at radius 3 is 2.76 bits per heavy atom. The first-order valence-corrected chi connectivity index (χ1v) is 7.63. The molecule has 0 radical (unpaired) electrons. The summed E-state index contributed by atoms with van der Waals surface area (Å²) in [5.74, 6) is 0.298. The van der Waals surface area contributed by atoms with Gasteiger partial charge in [-0.15, -0.1) is 0 Å². The minimum Gasteiger partial charge on any atom is -0.508 e. The predicted octanol–water partition coefficient (Wildman–Crippen LogP) is 2.08. The normalized spacial score (nSPS) is 21.4. The van der Waals surface area contributed by atoms with Crippen LogP contribution in [-0.2, 0) is 0 Å². The second-order valence-electron chi connectivity index (χ2n) is 5.47. The summed E-state index contributed by atoms with van der Waals surface area (Å²) in [5, 5.41) is 13.0. The summed E-state index contributed by atoms with van der Waals surface area (Å²) in [6.07, 6.45) is 4.79. The summed E-state index contributed by atoms with van der Waals surface area (Å²) >= 11 is 5.20. The maximum atomic E-state index is 11.9. The number of aromatic hydroxyl groups is 1. The summed E-state index contributed by atoms with van der Waals surface area (Å²) < 4.78 is 0. The maximum Gasteiger partial charge on any atom is 0.269 e. The largest absolute Gasteiger partial charge is 0.508 e. The molecule has 2 rings (SSSR count). The Morgan fingerprint density at radius 2 is 2.05 bits per heavy atom. The van der Waals surface area contributed by atoms with Gasteiger partial charge in [0, 0.05) is 11.6 Å². The van der Waals surface area contributed by atoms with E-state index in [0.29, 0.717) is 22.6 Å². The molecule has 114 valence electrons. The molecule has 1 aromatic carbocycles. The molecule has 1 amide bonds. The molecule has 6 heteroatoms. The first kappa shape index (κ1) is 15.6. The van der Waals surface area contributed by atoms with Gasteiger partial charge in [-0.1, -0.05) is 25.8 Å². The van der Waals surface area contributed by atoms with Crippen molar-refractivity contribution in [2.45, 2.75) is 38.6 Å². The average molecular weight is 307 g/mol. The summed E-state index contributed by atoms with van der Waals surface area (Å²) in [6.45, 7) is 2.21. The number of carbonyl (C=O) groups excluding carboxylic acids is 1. The molecule has 1 aromatic rings. The minimum absolute atomic E-state index is 0.0550. The molecule has 1 saturated carbocycles. The molecular formula is C15H21N3O2S. The molecule has 1 aliphatic carbocycles. The Bertz CT molecular complexity index is 521. The zero-order chi connectivity index (χ0) is 15.2. The van der Waals surface area contributed by atoms with Crippen molar-refractivity contribution < 1.29 is 9.90 Å². The highest BCUT2D eigenvalue weighted by Crippen LogP contribution is 2.23. The van der Waals surface area contributed by atoms with Crippen LogP contribution in [-0.4, -0.2) is 22.2 Å². The zero-order valence-electron chi connectivity index (χ0n) is 12.1. The number of hydrazine groups is 1. The number of hydrogen-bond donors (Lipinski definition) is 4. The van der Waals surface area contributed by atoms with Crippen LogP contribution in [0.2, 0.25) is 0 Å². The molecule has 0 aliphatic heterocycles. The minimum atomic E-state index is -0.341. The van der Waals surface area contributed by atoms with E-state index < -0.39 is 0 Å². The van der Waals surface area contributed by atoms with Crippen molar-refractivity contribution in [1.82, 2.24) is 16.2 Å². The van der Waals surface area contributed by atoms with Crippen molar-refractivity contribution in [1.29, 1.82) is 0 Å². The molecule has 0 aromatic heterocycles. The van der Waals surface area contributed by atoms with Crippen molar-refractivity contribution in [3.8, 4) is 5.75 Å². The highest BCUT2D eigenvalue weighted by molar-refractivity contribution is 7.80. The van der Waals surface area contributed by atoms with E-state index in [1.807, 2.05) is 0 Å². The van der Waals surface area contributed by atoms with Crippen molar-refractivity contribution in [3.05, 3.63) is 29.8 Å². The number of phenols is 1. The Morgan fingerprint density at radius 1 is 1.29 bits per heavy atom. The third kappa shape index (κ3) is 4.60. The van der Waals surface area contributed by atoms with E-state index in [9.17, 15) is 9.90 Å². The monoisotopic (exact) mass is 307 g/mol. The topological polar surface area (TPSA) is 73.4 Å². The van der Waals surface area contributed by atoms with E-state index in [0.717, 1.165) is 6.42 Å². The molecule has 1 fully saturated rings. The fourth-order valence-corrected chi connectivity index (χ4v) is 2.77. The van der Waals surface area contributed by atoms with Crippen LogP contribution in [0.5, 0.6) is 5.75 Å². The number of phenolic OH excluding ortho intramolecular Hbond substituents is 1. The van der Waals surface area contributed by atoms with Crippen LogP contribution in [0.3, 0.4) is 0 Å². The van der Waals surface area contributed by atoms with Crippen LogP contribution in [0.1, 0.15) is 43.0 Å². The van der Waals surface area contributed by atoms with Gasteiger partial charge in [-0.3, -0.25) is 15.6 Å². The van der Waals surface area contributed by atoms with Gasteiger partial charge in [0.15, 0.2) is 5.11 Å². The molecule has 2 atom stereocenters.